The summed E-state index contributed by atoms with van der Waals surface area (Å²) >= 11 is 1.61. The average Bonchev–Trinajstić information content (AvgIpc) is 3.08. The summed E-state index contributed by atoms with van der Waals surface area (Å²) < 4.78 is 5.33. The monoisotopic (exact) mass is 345 g/mol. The van der Waals surface area contributed by atoms with Gasteiger partial charge in [0, 0.05) is 4.88 Å². The predicted octanol–water partition coefficient (Wildman–Crippen LogP) is 3.20. The van der Waals surface area contributed by atoms with Gasteiger partial charge in [0.05, 0.1) is 17.8 Å². The number of hydrogen-bond acceptors (Lipinski definition) is 4. The summed E-state index contributed by atoms with van der Waals surface area (Å²) in [6, 6.07) is 8.96. The molecule has 2 heterocycles. The van der Waals surface area contributed by atoms with Gasteiger partial charge in [-0.2, -0.15) is 0 Å². The Morgan fingerprint density at radius 1 is 1.25 bits per heavy atom. The van der Waals surface area contributed by atoms with Crippen LogP contribution in [0.2, 0.25) is 0 Å². The molecule has 7 heteroatoms. The number of fused-ring (bicyclic) bond motifs is 1. The molecule has 3 amide bonds. The van der Waals surface area contributed by atoms with Gasteiger partial charge in [-0.05, 0) is 43.0 Å². The lowest BCUT2D eigenvalue weighted by atomic mass is 10.1. The molecule has 3 rings (SSSR count). The Labute approximate surface area is 144 Å². The Morgan fingerprint density at radius 2 is 2.04 bits per heavy atom. The zero-order chi connectivity index (χ0) is 17.1. The molecule has 0 bridgehead atoms. The maximum Gasteiger partial charge on any atom is 0.315 e. The lowest BCUT2D eigenvalue weighted by molar-refractivity contribution is -0.118. The number of nitrogens with one attached hydrogen (secondary N) is 3. The highest BCUT2D eigenvalue weighted by Gasteiger charge is 2.18. The molecule has 2 unspecified atom stereocenters. The summed E-state index contributed by atoms with van der Waals surface area (Å²) in [6.45, 7) is 3.87. The van der Waals surface area contributed by atoms with E-state index in [1.807, 2.05) is 43.5 Å². The van der Waals surface area contributed by atoms with Crippen LogP contribution in [0.15, 0.2) is 35.7 Å². The molecule has 0 aliphatic carbocycles. The summed E-state index contributed by atoms with van der Waals surface area (Å²) in [4.78, 5) is 24.7. The molecule has 1 aliphatic heterocycles. The van der Waals surface area contributed by atoms with E-state index in [2.05, 4.69) is 16.0 Å². The smallest absolute Gasteiger partial charge is 0.315 e. The van der Waals surface area contributed by atoms with E-state index in [0.717, 1.165) is 10.4 Å². The summed E-state index contributed by atoms with van der Waals surface area (Å²) in [5.74, 6) is 0.462. The number of hydrogen-bond donors (Lipinski definition) is 3. The van der Waals surface area contributed by atoms with Crippen molar-refractivity contribution >= 4 is 29.0 Å². The maximum absolute atomic E-state index is 12.2. The fourth-order valence-corrected chi connectivity index (χ4v) is 3.23. The average molecular weight is 345 g/mol. The molecule has 2 aromatic rings. The van der Waals surface area contributed by atoms with Crippen LogP contribution in [0.5, 0.6) is 5.75 Å². The fraction of sp³-hybridized carbons (Fsp3) is 0.294. The Morgan fingerprint density at radius 3 is 2.79 bits per heavy atom. The summed E-state index contributed by atoms with van der Waals surface area (Å²) in [5, 5.41) is 10.6. The summed E-state index contributed by atoms with van der Waals surface area (Å²) in [6.07, 6.45) is 0. The van der Waals surface area contributed by atoms with E-state index in [1.54, 1.807) is 17.4 Å². The van der Waals surface area contributed by atoms with Crippen LogP contribution >= 0.6 is 11.3 Å². The number of benzene rings is 1. The molecular formula is C17H19N3O3S. The molecule has 126 valence electrons. The quantitative estimate of drug-likeness (QED) is 0.796. The van der Waals surface area contributed by atoms with Gasteiger partial charge in [0.25, 0.3) is 5.91 Å². The second-order valence-corrected chi connectivity index (χ2v) is 6.65. The topological polar surface area (TPSA) is 79.5 Å². The van der Waals surface area contributed by atoms with Gasteiger partial charge in [0.1, 0.15) is 5.75 Å². The van der Waals surface area contributed by atoms with E-state index in [9.17, 15) is 9.59 Å². The van der Waals surface area contributed by atoms with E-state index in [1.165, 1.54) is 0 Å². The van der Waals surface area contributed by atoms with Crippen molar-refractivity contribution < 1.29 is 14.3 Å². The number of carbonyl (C=O) groups excluding carboxylic acids is 2. The Balaban J connectivity index is 1.62. The van der Waals surface area contributed by atoms with Gasteiger partial charge >= 0.3 is 6.03 Å². The van der Waals surface area contributed by atoms with Crippen molar-refractivity contribution in [2.45, 2.75) is 25.9 Å². The summed E-state index contributed by atoms with van der Waals surface area (Å²) in [7, 11) is 0. The number of anilines is 1. The van der Waals surface area contributed by atoms with Crippen LogP contribution in [-0.4, -0.2) is 18.5 Å². The third-order valence-electron chi connectivity index (χ3n) is 3.80. The van der Waals surface area contributed by atoms with Gasteiger partial charge in [-0.15, -0.1) is 11.3 Å². The van der Waals surface area contributed by atoms with Crippen molar-refractivity contribution in [1.82, 2.24) is 10.6 Å². The van der Waals surface area contributed by atoms with Crippen LogP contribution in [0.4, 0.5) is 10.5 Å². The van der Waals surface area contributed by atoms with Crippen LogP contribution in [0, 0.1) is 0 Å². The van der Waals surface area contributed by atoms with E-state index in [0.29, 0.717) is 11.4 Å². The molecule has 0 spiro atoms. The molecule has 0 fully saturated rings. The van der Waals surface area contributed by atoms with Crippen molar-refractivity contribution in [2.75, 3.05) is 11.9 Å². The van der Waals surface area contributed by atoms with Gasteiger partial charge in [0.15, 0.2) is 6.61 Å². The van der Waals surface area contributed by atoms with Crippen molar-refractivity contribution in [3.8, 4) is 5.75 Å². The first-order valence-corrected chi connectivity index (χ1v) is 8.58. The number of carbonyl (C=O) groups is 2. The second-order valence-electron chi connectivity index (χ2n) is 5.67. The SMILES string of the molecule is CC(NC(=O)NC(C)c1cccs1)c1ccc2c(c1)NC(=O)CO2. The second kappa shape index (κ2) is 6.92. The number of thiophene rings is 1. The lowest BCUT2D eigenvalue weighted by Crippen LogP contribution is -2.38. The molecule has 0 saturated carbocycles. The van der Waals surface area contributed by atoms with Gasteiger partial charge in [-0.1, -0.05) is 12.1 Å². The van der Waals surface area contributed by atoms with Crippen LogP contribution in [-0.2, 0) is 4.79 Å². The van der Waals surface area contributed by atoms with E-state index < -0.39 is 0 Å². The Kier molecular flexibility index (Phi) is 4.71. The molecule has 3 N–H and O–H groups in total. The number of rotatable bonds is 4. The van der Waals surface area contributed by atoms with E-state index in [4.69, 9.17) is 4.74 Å². The number of amides is 3. The van der Waals surface area contributed by atoms with Gasteiger partial charge in [-0.3, -0.25) is 4.79 Å². The lowest BCUT2D eigenvalue weighted by Gasteiger charge is -2.21. The van der Waals surface area contributed by atoms with Crippen LogP contribution in [0.3, 0.4) is 0 Å². The van der Waals surface area contributed by atoms with Crippen molar-refractivity contribution in [3.63, 3.8) is 0 Å². The third-order valence-corrected chi connectivity index (χ3v) is 4.86. The van der Waals surface area contributed by atoms with Crippen LogP contribution in [0.25, 0.3) is 0 Å². The molecule has 2 atom stereocenters. The molecule has 24 heavy (non-hydrogen) atoms. The largest absolute Gasteiger partial charge is 0.482 e. The zero-order valence-electron chi connectivity index (χ0n) is 13.5. The molecule has 1 aromatic carbocycles. The summed E-state index contributed by atoms with van der Waals surface area (Å²) in [5.41, 5.74) is 1.52. The molecular weight excluding hydrogens is 326 g/mol. The third kappa shape index (κ3) is 3.68. The first-order chi connectivity index (χ1) is 11.5. The molecule has 0 radical (unpaired) electrons. The highest BCUT2D eigenvalue weighted by molar-refractivity contribution is 7.10. The number of urea groups is 1. The minimum Gasteiger partial charge on any atom is -0.482 e. The number of ether oxygens (including phenoxy) is 1. The van der Waals surface area contributed by atoms with Crippen LogP contribution in [0.1, 0.15) is 36.4 Å². The zero-order valence-corrected chi connectivity index (χ0v) is 14.3. The van der Waals surface area contributed by atoms with Gasteiger partial charge in [-0.25, -0.2) is 4.79 Å². The minimum absolute atomic E-state index is 0.0309. The van der Waals surface area contributed by atoms with Gasteiger partial charge < -0.3 is 20.7 Å². The van der Waals surface area contributed by atoms with Crippen LogP contribution < -0.4 is 20.7 Å². The first kappa shape index (κ1) is 16.3. The predicted molar refractivity (Wildman–Crippen MR) is 93.4 cm³/mol. The molecule has 0 saturated heterocycles. The van der Waals surface area contributed by atoms with Gasteiger partial charge in [0.2, 0.25) is 0 Å². The highest BCUT2D eigenvalue weighted by atomic mass is 32.1. The maximum atomic E-state index is 12.2. The van der Waals surface area contributed by atoms with E-state index in [-0.39, 0.29) is 30.6 Å². The van der Waals surface area contributed by atoms with E-state index >= 15 is 0 Å². The van der Waals surface area contributed by atoms with Crippen molar-refractivity contribution in [2.24, 2.45) is 0 Å². The molecule has 1 aliphatic rings. The molecule has 6 nitrogen and oxygen atoms in total. The normalized spacial score (nSPS) is 15.5. The highest BCUT2D eigenvalue weighted by Crippen LogP contribution is 2.30. The fourth-order valence-electron chi connectivity index (χ4n) is 2.50. The standard InChI is InChI=1S/C17H19N3O3S/c1-10(18-17(22)19-11(2)15-4-3-7-24-15)12-5-6-14-13(8-12)20-16(21)9-23-14/h3-8,10-11H,9H2,1-2H3,(H,20,21)(H2,18,19,22). The minimum atomic E-state index is -0.235. The Hall–Kier alpha value is -2.54. The Bertz CT molecular complexity index is 746. The first-order valence-electron chi connectivity index (χ1n) is 7.70. The van der Waals surface area contributed by atoms with Crippen molar-refractivity contribution in [3.05, 3.63) is 46.2 Å². The van der Waals surface area contributed by atoms with Crippen molar-refractivity contribution in [1.29, 1.82) is 0 Å². The molecule has 1 aromatic heterocycles.